The molecule has 4 aliphatic rings. The van der Waals surface area contributed by atoms with E-state index in [2.05, 4.69) is 12.6 Å². The average Bonchev–Trinajstić information content (AvgIpc) is 2.15. The van der Waals surface area contributed by atoms with Gasteiger partial charge in [-0.05, 0) is 43.9 Å². The van der Waals surface area contributed by atoms with Crippen LogP contribution in [0.4, 0.5) is 0 Å². The summed E-state index contributed by atoms with van der Waals surface area (Å²) in [5.74, 6) is 1.46. The van der Waals surface area contributed by atoms with Crippen molar-refractivity contribution < 1.29 is 4.74 Å². The maximum absolute atomic E-state index is 9.38. The van der Waals surface area contributed by atoms with E-state index in [0.717, 1.165) is 43.9 Å². The first kappa shape index (κ1) is 9.27. The summed E-state index contributed by atoms with van der Waals surface area (Å²) in [7, 11) is 0. The number of nitriles is 1. The van der Waals surface area contributed by atoms with Gasteiger partial charge in [-0.25, -0.2) is 0 Å². The molecule has 4 aliphatic carbocycles. The van der Waals surface area contributed by atoms with E-state index < -0.39 is 0 Å². The number of ether oxygens (including phenoxy) is 1. The minimum Gasteiger partial charge on any atom is -0.495 e. The molecule has 0 saturated heterocycles. The average molecular weight is 203 g/mol. The molecular formula is C13H17NO. The van der Waals surface area contributed by atoms with E-state index in [1.54, 1.807) is 6.26 Å². The fourth-order valence-electron chi connectivity index (χ4n) is 4.62. The molecule has 2 atom stereocenters. The Morgan fingerprint density at radius 1 is 1.27 bits per heavy atom. The summed E-state index contributed by atoms with van der Waals surface area (Å²) in [5.41, 5.74) is -0.0886. The number of hydrogen-bond donors (Lipinski definition) is 0. The second-order valence-electron chi connectivity index (χ2n) is 5.82. The fourth-order valence-corrected chi connectivity index (χ4v) is 4.62. The van der Waals surface area contributed by atoms with E-state index in [-0.39, 0.29) is 11.0 Å². The van der Waals surface area contributed by atoms with Crippen LogP contribution >= 0.6 is 0 Å². The van der Waals surface area contributed by atoms with Crippen LogP contribution in [0.1, 0.15) is 38.5 Å². The zero-order valence-corrected chi connectivity index (χ0v) is 9.04. The van der Waals surface area contributed by atoms with Gasteiger partial charge in [-0.1, -0.05) is 6.58 Å². The van der Waals surface area contributed by atoms with Crippen LogP contribution in [0.25, 0.3) is 0 Å². The normalized spacial score (nSPS) is 51.1. The lowest BCUT2D eigenvalue weighted by atomic mass is 9.48. The molecule has 0 aromatic carbocycles. The van der Waals surface area contributed by atoms with E-state index in [0.29, 0.717) is 0 Å². The number of rotatable bonds is 2. The molecule has 2 nitrogen and oxygen atoms in total. The summed E-state index contributed by atoms with van der Waals surface area (Å²) < 4.78 is 5.78. The molecular weight excluding hydrogens is 186 g/mol. The van der Waals surface area contributed by atoms with Gasteiger partial charge in [0, 0.05) is 6.42 Å². The highest BCUT2D eigenvalue weighted by molar-refractivity contribution is 5.16. The van der Waals surface area contributed by atoms with Gasteiger partial charge in [0.15, 0.2) is 0 Å². The van der Waals surface area contributed by atoms with Crippen molar-refractivity contribution in [1.29, 1.82) is 5.26 Å². The van der Waals surface area contributed by atoms with Gasteiger partial charge in [0.2, 0.25) is 0 Å². The lowest BCUT2D eigenvalue weighted by Gasteiger charge is -2.58. The second kappa shape index (κ2) is 2.78. The van der Waals surface area contributed by atoms with E-state index in [4.69, 9.17) is 4.74 Å². The summed E-state index contributed by atoms with van der Waals surface area (Å²) in [6.45, 7) is 3.68. The van der Waals surface area contributed by atoms with Gasteiger partial charge in [0.25, 0.3) is 0 Å². The van der Waals surface area contributed by atoms with Crippen molar-refractivity contribution in [3.05, 3.63) is 12.8 Å². The first-order chi connectivity index (χ1) is 7.19. The van der Waals surface area contributed by atoms with E-state index in [9.17, 15) is 5.26 Å². The Kier molecular flexibility index (Phi) is 1.72. The Morgan fingerprint density at radius 3 is 2.47 bits per heavy atom. The lowest BCUT2D eigenvalue weighted by molar-refractivity contribution is -0.150. The van der Waals surface area contributed by atoms with Gasteiger partial charge >= 0.3 is 0 Å². The number of nitrogens with zero attached hydrogens (tertiary/aromatic N) is 1. The van der Waals surface area contributed by atoms with Crippen LogP contribution in [0.2, 0.25) is 0 Å². The summed E-state index contributed by atoms with van der Waals surface area (Å²) in [4.78, 5) is 0. The monoisotopic (exact) mass is 203 g/mol. The Balaban J connectivity index is 1.96. The SMILES string of the molecule is C=COC12CC3CC(CC(C#N)(C3)C1)C2. The molecule has 0 aliphatic heterocycles. The van der Waals surface area contributed by atoms with Gasteiger partial charge in [-0.15, -0.1) is 0 Å². The van der Waals surface area contributed by atoms with Crippen LogP contribution in [0.15, 0.2) is 12.8 Å². The molecule has 0 amide bonds. The Bertz CT molecular complexity index is 327. The van der Waals surface area contributed by atoms with Gasteiger partial charge < -0.3 is 4.74 Å². The highest BCUT2D eigenvalue weighted by Gasteiger charge is 2.59. The topological polar surface area (TPSA) is 33.0 Å². The van der Waals surface area contributed by atoms with Crippen molar-refractivity contribution in [2.45, 2.75) is 44.1 Å². The molecule has 0 aromatic heterocycles. The van der Waals surface area contributed by atoms with Gasteiger partial charge in [-0.3, -0.25) is 0 Å². The molecule has 80 valence electrons. The molecule has 4 fully saturated rings. The minimum absolute atomic E-state index is 0.0262. The van der Waals surface area contributed by atoms with Gasteiger partial charge in [0.1, 0.15) is 5.60 Å². The lowest BCUT2D eigenvalue weighted by Crippen LogP contribution is -2.55. The third-order valence-electron chi connectivity index (χ3n) is 4.58. The van der Waals surface area contributed by atoms with Gasteiger partial charge in [-0.2, -0.15) is 5.26 Å². The zero-order chi connectivity index (χ0) is 10.5. The van der Waals surface area contributed by atoms with Crippen LogP contribution in [0, 0.1) is 28.6 Å². The maximum atomic E-state index is 9.38. The minimum atomic E-state index is -0.0624. The van der Waals surface area contributed by atoms with Crippen LogP contribution in [-0.2, 0) is 4.74 Å². The fraction of sp³-hybridized carbons (Fsp3) is 0.769. The molecule has 0 radical (unpaired) electrons. The Morgan fingerprint density at radius 2 is 1.93 bits per heavy atom. The zero-order valence-electron chi connectivity index (χ0n) is 9.04. The molecule has 0 N–H and O–H groups in total. The third-order valence-corrected chi connectivity index (χ3v) is 4.58. The van der Waals surface area contributed by atoms with Crippen LogP contribution in [0.3, 0.4) is 0 Å². The smallest absolute Gasteiger partial charge is 0.110 e. The molecule has 4 saturated carbocycles. The molecule has 15 heavy (non-hydrogen) atoms. The standard InChI is InChI=1S/C13H17NO/c1-2-15-13-6-10-3-11(7-13)5-12(4-10,8-13)9-14/h2,10-11H,1,3-8H2. The first-order valence-electron chi connectivity index (χ1n) is 5.89. The molecule has 4 rings (SSSR count). The molecule has 0 spiro atoms. The quantitative estimate of drug-likeness (QED) is 0.646. The van der Waals surface area contributed by atoms with Crippen molar-refractivity contribution in [3.8, 4) is 6.07 Å². The van der Waals surface area contributed by atoms with Crippen LogP contribution in [0.5, 0.6) is 0 Å². The van der Waals surface area contributed by atoms with E-state index >= 15 is 0 Å². The molecule has 2 unspecified atom stereocenters. The molecule has 0 aromatic rings. The van der Waals surface area contributed by atoms with Gasteiger partial charge in [0.05, 0.1) is 17.7 Å². The van der Waals surface area contributed by atoms with Crippen molar-refractivity contribution in [1.82, 2.24) is 0 Å². The summed E-state index contributed by atoms with van der Waals surface area (Å²) in [6, 6.07) is 2.58. The summed E-state index contributed by atoms with van der Waals surface area (Å²) in [5, 5.41) is 9.38. The highest BCUT2D eigenvalue weighted by atomic mass is 16.5. The largest absolute Gasteiger partial charge is 0.495 e. The first-order valence-corrected chi connectivity index (χ1v) is 5.89. The van der Waals surface area contributed by atoms with Crippen molar-refractivity contribution in [2.24, 2.45) is 17.3 Å². The number of hydrogen-bond acceptors (Lipinski definition) is 2. The van der Waals surface area contributed by atoms with Crippen LogP contribution < -0.4 is 0 Å². The Labute approximate surface area is 90.9 Å². The molecule has 4 bridgehead atoms. The summed E-state index contributed by atoms with van der Waals surface area (Å²) in [6.07, 6.45) is 8.38. The Hall–Kier alpha value is -0.970. The van der Waals surface area contributed by atoms with Crippen molar-refractivity contribution in [2.75, 3.05) is 0 Å². The van der Waals surface area contributed by atoms with E-state index in [1.807, 2.05) is 0 Å². The predicted octanol–water partition coefficient (Wildman–Crippen LogP) is 3.01. The van der Waals surface area contributed by atoms with Crippen LogP contribution in [-0.4, -0.2) is 5.60 Å². The summed E-state index contributed by atoms with van der Waals surface area (Å²) >= 11 is 0. The molecule has 2 heteroatoms. The van der Waals surface area contributed by atoms with E-state index in [1.165, 1.54) is 6.42 Å². The van der Waals surface area contributed by atoms with Crippen molar-refractivity contribution >= 4 is 0 Å². The highest BCUT2D eigenvalue weighted by Crippen LogP contribution is 2.62. The second-order valence-corrected chi connectivity index (χ2v) is 5.82. The maximum Gasteiger partial charge on any atom is 0.110 e. The third kappa shape index (κ3) is 1.22. The molecule has 0 heterocycles. The van der Waals surface area contributed by atoms with Crippen molar-refractivity contribution in [3.63, 3.8) is 0 Å². The predicted molar refractivity (Wildman–Crippen MR) is 56.7 cm³/mol.